The second-order valence-electron chi connectivity index (χ2n) is 6.51. The van der Waals surface area contributed by atoms with Crippen molar-refractivity contribution in [2.24, 2.45) is 13.0 Å². The molecule has 1 unspecified atom stereocenters. The molecule has 7 nitrogen and oxygen atoms in total. The van der Waals surface area contributed by atoms with Crippen molar-refractivity contribution in [3.05, 3.63) is 17.5 Å². The Morgan fingerprint density at radius 1 is 1.52 bits per heavy atom. The molecule has 0 radical (unpaired) electrons. The highest BCUT2D eigenvalue weighted by molar-refractivity contribution is 5.74. The molecule has 23 heavy (non-hydrogen) atoms. The maximum Gasteiger partial charge on any atom is 0.315 e. The van der Waals surface area contributed by atoms with Crippen LogP contribution in [0.2, 0.25) is 0 Å². The van der Waals surface area contributed by atoms with Crippen LogP contribution in [0.25, 0.3) is 0 Å². The van der Waals surface area contributed by atoms with Crippen molar-refractivity contribution in [1.82, 2.24) is 20.4 Å². The van der Waals surface area contributed by atoms with Gasteiger partial charge in [0.05, 0.1) is 24.9 Å². The Labute approximate surface area is 136 Å². The predicted molar refractivity (Wildman–Crippen MR) is 85.1 cm³/mol. The minimum Gasteiger partial charge on any atom is -0.383 e. The number of nitrogens with zero attached hydrogens (tertiary/aromatic N) is 2. The molecule has 7 heteroatoms. The van der Waals surface area contributed by atoms with Crippen molar-refractivity contribution in [3.63, 3.8) is 0 Å². The zero-order chi connectivity index (χ0) is 16.4. The van der Waals surface area contributed by atoms with Gasteiger partial charge < -0.3 is 20.1 Å². The highest BCUT2D eigenvalue weighted by atomic mass is 16.5. The van der Waals surface area contributed by atoms with Crippen molar-refractivity contribution in [2.45, 2.75) is 44.4 Å². The molecule has 2 heterocycles. The fourth-order valence-corrected chi connectivity index (χ4v) is 3.19. The van der Waals surface area contributed by atoms with Crippen molar-refractivity contribution in [2.75, 3.05) is 20.3 Å². The molecule has 1 saturated carbocycles. The van der Waals surface area contributed by atoms with E-state index >= 15 is 0 Å². The van der Waals surface area contributed by atoms with Crippen LogP contribution in [0.4, 0.5) is 4.79 Å². The summed E-state index contributed by atoms with van der Waals surface area (Å²) in [6.45, 7) is 3.22. The molecule has 2 amide bonds. The lowest BCUT2D eigenvalue weighted by Gasteiger charge is -2.23. The van der Waals surface area contributed by atoms with Crippen molar-refractivity contribution >= 4 is 6.03 Å². The Morgan fingerprint density at radius 3 is 2.91 bits per heavy atom. The van der Waals surface area contributed by atoms with E-state index in [2.05, 4.69) is 15.7 Å². The Hall–Kier alpha value is -1.60. The van der Waals surface area contributed by atoms with Gasteiger partial charge in [0, 0.05) is 32.0 Å². The van der Waals surface area contributed by atoms with E-state index in [1.54, 1.807) is 7.11 Å². The number of hydrogen-bond donors (Lipinski definition) is 2. The van der Waals surface area contributed by atoms with Gasteiger partial charge in [0.15, 0.2) is 0 Å². The molecule has 1 aromatic heterocycles. The number of nitrogens with one attached hydrogen (secondary N) is 2. The standard InChI is InChI=1S/C16H26N4O3/c1-10-12(8-17-20(10)2)15-13(6-7-23-15)18-16(21)19-14(9-22-3)11-4-5-11/h8,11,13-15H,4-7,9H2,1-3H3,(H2,18,19,21)/t13-,14?,15+/m0/s1. The number of aromatic nitrogens is 2. The van der Waals surface area contributed by atoms with E-state index in [0.717, 1.165) is 17.7 Å². The second-order valence-corrected chi connectivity index (χ2v) is 6.51. The largest absolute Gasteiger partial charge is 0.383 e. The smallest absolute Gasteiger partial charge is 0.315 e. The summed E-state index contributed by atoms with van der Waals surface area (Å²) in [4.78, 5) is 12.3. The van der Waals surface area contributed by atoms with Crippen LogP contribution in [0.1, 0.15) is 36.6 Å². The minimum atomic E-state index is -0.138. The molecule has 3 rings (SSSR count). The first-order valence-corrected chi connectivity index (χ1v) is 8.26. The van der Waals surface area contributed by atoms with Crippen molar-refractivity contribution in [1.29, 1.82) is 0 Å². The van der Waals surface area contributed by atoms with Gasteiger partial charge in [-0.1, -0.05) is 0 Å². The third-order valence-corrected chi connectivity index (χ3v) is 4.84. The van der Waals surface area contributed by atoms with Crippen molar-refractivity contribution in [3.8, 4) is 0 Å². The average molecular weight is 322 g/mol. The van der Waals surface area contributed by atoms with Crippen LogP contribution in [0, 0.1) is 12.8 Å². The fraction of sp³-hybridized carbons (Fsp3) is 0.750. The van der Waals surface area contributed by atoms with Crippen LogP contribution in [-0.2, 0) is 16.5 Å². The summed E-state index contributed by atoms with van der Waals surface area (Å²) in [7, 11) is 3.58. The Kier molecular flexibility index (Phi) is 4.87. The molecule has 1 aliphatic heterocycles. The predicted octanol–water partition coefficient (Wildman–Crippen LogP) is 1.28. The van der Waals surface area contributed by atoms with E-state index in [0.29, 0.717) is 19.1 Å². The average Bonchev–Trinajstić information content (AvgIpc) is 3.20. The van der Waals surface area contributed by atoms with E-state index in [9.17, 15) is 4.79 Å². The lowest BCUT2D eigenvalue weighted by atomic mass is 10.0. The van der Waals surface area contributed by atoms with Gasteiger partial charge in [-0.3, -0.25) is 4.68 Å². The molecular formula is C16H26N4O3. The number of carbonyl (C=O) groups excluding carboxylic acids is 1. The SMILES string of the molecule is COCC(NC(=O)N[C@H]1CCO[C@@H]1c1cnn(C)c1C)C1CC1. The maximum atomic E-state index is 12.3. The Morgan fingerprint density at radius 2 is 2.30 bits per heavy atom. The van der Waals surface area contributed by atoms with Gasteiger partial charge in [-0.2, -0.15) is 5.10 Å². The lowest BCUT2D eigenvalue weighted by Crippen LogP contribution is -2.49. The topological polar surface area (TPSA) is 77.4 Å². The van der Waals surface area contributed by atoms with Gasteiger partial charge in [-0.25, -0.2) is 4.79 Å². The number of methoxy groups -OCH3 is 1. The second kappa shape index (κ2) is 6.88. The molecule has 1 saturated heterocycles. The van der Waals surface area contributed by atoms with Crippen LogP contribution in [0.5, 0.6) is 0 Å². The monoisotopic (exact) mass is 322 g/mol. The van der Waals surface area contributed by atoms with Gasteiger partial charge in [0.1, 0.15) is 6.10 Å². The van der Waals surface area contributed by atoms with Crippen LogP contribution in [0.15, 0.2) is 6.20 Å². The van der Waals surface area contributed by atoms with Crippen LogP contribution in [0.3, 0.4) is 0 Å². The first-order valence-electron chi connectivity index (χ1n) is 8.26. The Bertz CT molecular complexity index is 556. The van der Waals surface area contributed by atoms with Gasteiger partial charge in [-0.05, 0) is 32.1 Å². The Balaban J connectivity index is 1.59. The van der Waals surface area contributed by atoms with Gasteiger partial charge in [0.2, 0.25) is 0 Å². The van der Waals surface area contributed by atoms with Gasteiger partial charge in [0.25, 0.3) is 0 Å². The number of amides is 2. The third-order valence-electron chi connectivity index (χ3n) is 4.84. The summed E-state index contributed by atoms with van der Waals surface area (Å²) in [5.74, 6) is 0.553. The summed E-state index contributed by atoms with van der Waals surface area (Å²) >= 11 is 0. The first kappa shape index (κ1) is 16.3. The van der Waals surface area contributed by atoms with E-state index in [1.165, 1.54) is 12.8 Å². The summed E-state index contributed by atoms with van der Waals surface area (Å²) in [6, 6.07) is -0.0674. The maximum absolute atomic E-state index is 12.3. The molecule has 0 bridgehead atoms. The molecular weight excluding hydrogens is 296 g/mol. The first-order chi connectivity index (χ1) is 11.1. The fourth-order valence-electron chi connectivity index (χ4n) is 3.19. The molecule has 2 aliphatic rings. The van der Waals surface area contributed by atoms with E-state index < -0.39 is 0 Å². The number of carbonyl (C=O) groups is 1. The summed E-state index contributed by atoms with van der Waals surface area (Å²) < 4.78 is 12.9. The lowest BCUT2D eigenvalue weighted by molar-refractivity contribution is 0.0987. The minimum absolute atomic E-state index is 0.0275. The zero-order valence-electron chi connectivity index (χ0n) is 14.0. The summed E-state index contributed by atoms with van der Waals surface area (Å²) in [5, 5.41) is 10.4. The molecule has 0 spiro atoms. The van der Waals surface area contributed by atoms with E-state index in [-0.39, 0.29) is 24.2 Å². The number of aryl methyl sites for hydroxylation is 1. The molecule has 3 atom stereocenters. The normalized spacial score (nSPS) is 25.3. The number of rotatable bonds is 6. The van der Waals surface area contributed by atoms with Crippen LogP contribution in [-0.4, -0.2) is 48.2 Å². The van der Waals surface area contributed by atoms with Gasteiger partial charge >= 0.3 is 6.03 Å². The summed E-state index contributed by atoms with van der Waals surface area (Å²) in [6.07, 6.45) is 4.84. The number of ether oxygens (including phenoxy) is 2. The summed E-state index contributed by atoms with van der Waals surface area (Å²) in [5.41, 5.74) is 2.12. The quantitative estimate of drug-likeness (QED) is 0.827. The molecule has 0 aromatic carbocycles. The highest BCUT2D eigenvalue weighted by Crippen LogP contribution is 2.33. The number of urea groups is 1. The van der Waals surface area contributed by atoms with Crippen LogP contribution < -0.4 is 10.6 Å². The van der Waals surface area contributed by atoms with E-state index in [4.69, 9.17) is 9.47 Å². The third kappa shape index (κ3) is 3.67. The zero-order valence-corrected chi connectivity index (χ0v) is 14.0. The van der Waals surface area contributed by atoms with E-state index in [1.807, 2.05) is 24.9 Å². The molecule has 1 aromatic rings. The molecule has 2 fully saturated rings. The van der Waals surface area contributed by atoms with Crippen molar-refractivity contribution < 1.29 is 14.3 Å². The molecule has 1 aliphatic carbocycles. The number of hydrogen-bond acceptors (Lipinski definition) is 4. The molecule has 128 valence electrons. The van der Waals surface area contributed by atoms with Crippen LogP contribution >= 0.6 is 0 Å². The molecule has 2 N–H and O–H groups in total. The van der Waals surface area contributed by atoms with Gasteiger partial charge in [-0.15, -0.1) is 0 Å². The highest BCUT2D eigenvalue weighted by Gasteiger charge is 2.35.